The number of carbonyl (C=O) groups is 3. The number of piperazine rings is 1. The molecule has 3 aromatic rings. The smallest absolute Gasteiger partial charge is 0.412 e. The topological polar surface area (TPSA) is 119 Å². The number of hydrogen-bond donors (Lipinski definition) is 3. The third-order valence-corrected chi connectivity index (χ3v) is 7.10. The lowest BCUT2D eigenvalue weighted by Crippen LogP contribution is -2.45. The van der Waals surface area contributed by atoms with Crippen molar-refractivity contribution in [3.05, 3.63) is 83.9 Å². The summed E-state index contributed by atoms with van der Waals surface area (Å²) in [6, 6.07) is 15.5. The van der Waals surface area contributed by atoms with Crippen molar-refractivity contribution in [1.82, 2.24) is 19.7 Å². The van der Waals surface area contributed by atoms with E-state index in [0.717, 1.165) is 44.7 Å². The minimum atomic E-state index is -0.672. The van der Waals surface area contributed by atoms with Crippen molar-refractivity contribution in [2.75, 3.05) is 62.3 Å². The van der Waals surface area contributed by atoms with E-state index in [4.69, 9.17) is 4.74 Å². The average molecular weight is 620 g/mol. The van der Waals surface area contributed by atoms with Crippen molar-refractivity contribution in [3.8, 4) is 0 Å². The first-order valence-electron chi connectivity index (χ1n) is 15.0. The molecule has 0 aliphatic carbocycles. The van der Waals surface area contributed by atoms with Crippen LogP contribution >= 0.6 is 0 Å². The largest absolute Gasteiger partial charge is 0.444 e. The van der Waals surface area contributed by atoms with Crippen LogP contribution in [0, 0.1) is 5.82 Å². The molecule has 0 unspecified atom stereocenters. The van der Waals surface area contributed by atoms with Crippen molar-refractivity contribution in [2.45, 2.75) is 39.3 Å². The molecule has 3 N–H and O–H groups in total. The lowest BCUT2D eigenvalue weighted by atomic mass is 10.2. The first kappa shape index (κ1) is 33.3. The lowest BCUT2D eigenvalue weighted by Gasteiger charge is -2.33. The summed E-state index contributed by atoms with van der Waals surface area (Å²) >= 11 is 0. The molecule has 0 atom stereocenters. The van der Waals surface area contributed by atoms with Gasteiger partial charge in [-0.25, -0.2) is 14.0 Å². The number of nitrogens with one attached hydrogen (secondary N) is 3. The first-order valence-corrected chi connectivity index (χ1v) is 15.0. The number of nitrogens with zero attached hydrogens (tertiary/aromatic N) is 4. The van der Waals surface area contributed by atoms with E-state index in [1.54, 1.807) is 80.4 Å². The van der Waals surface area contributed by atoms with Gasteiger partial charge in [0, 0.05) is 51.2 Å². The molecule has 2 heterocycles. The van der Waals surface area contributed by atoms with E-state index in [1.807, 2.05) is 0 Å². The van der Waals surface area contributed by atoms with Crippen LogP contribution in [0.3, 0.4) is 0 Å². The highest BCUT2D eigenvalue weighted by atomic mass is 19.1. The summed E-state index contributed by atoms with van der Waals surface area (Å²) in [6.45, 7) is 10.9. The fourth-order valence-corrected chi connectivity index (χ4v) is 4.75. The van der Waals surface area contributed by atoms with Gasteiger partial charge in [0.05, 0.1) is 11.4 Å². The van der Waals surface area contributed by atoms with Gasteiger partial charge in [0.15, 0.2) is 0 Å². The standard InChI is InChI=1S/C33H42FN7O4/c1-33(2,3)45-32(44)38-28-12-6-5-11-27(28)37-30(42)29-14-13-24(22-35-29)23-41(16-8-15-40-19-17-39(4)18-20-40)31(43)36-26-10-7-9-25(34)21-26/h5-7,9-14,21-22H,8,15-20,23H2,1-4H3,(H,36,43)(H,37,42)(H,38,44). The SMILES string of the molecule is CN1CCN(CCCN(Cc2ccc(C(=O)Nc3ccccc3NC(=O)OC(C)(C)C)nc2)C(=O)Nc2cccc(F)c2)CC1. The van der Waals surface area contributed by atoms with E-state index in [2.05, 4.69) is 37.8 Å². The van der Waals surface area contributed by atoms with Gasteiger partial charge >= 0.3 is 12.1 Å². The van der Waals surface area contributed by atoms with Gasteiger partial charge < -0.3 is 30.1 Å². The Labute approximate surface area is 263 Å². The highest BCUT2D eigenvalue weighted by Crippen LogP contribution is 2.23. The Morgan fingerprint density at radius 3 is 2.29 bits per heavy atom. The molecule has 1 fully saturated rings. The summed E-state index contributed by atoms with van der Waals surface area (Å²) in [5.74, 6) is -0.899. The number of carbonyl (C=O) groups excluding carboxylic acids is 3. The molecular formula is C33H42FN7O4. The summed E-state index contributed by atoms with van der Waals surface area (Å²) in [5.41, 5.74) is 1.36. The van der Waals surface area contributed by atoms with Crippen molar-refractivity contribution < 1.29 is 23.5 Å². The van der Waals surface area contributed by atoms with Crippen LogP contribution in [0.25, 0.3) is 0 Å². The Kier molecular flexibility index (Phi) is 11.4. The van der Waals surface area contributed by atoms with Crippen LogP contribution in [-0.4, -0.2) is 89.6 Å². The zero-order valence-electron chi connectivity index (χ0n) is 26.3. The van der Waals surface area contributed by atoms with E-state index in [9.17, 15) is 18.8 Å². The number of rotatable bonds is 10. The highest BCUT2D eigenvalue weighted by molar-refractivity contribution is 6.05. The van der Waals surface area contributed by atoms with E-state index < -0.39 is 23.4 Å². The van der Waals surface area contributed by atoms with Crippen LogP contribution in [0.1, 0.15) is 43.2 Å². The third-order valence-electron chi connectivity index (χ3n) is 7.10. The second kappa shape index (κ2) is 15.4. The molecule has 12 heteroatoms. The minimum Gasteiger partial charge on any atom is -0.444 e. The summed E-state index contributed by atoms with van der Waals surface area (Å²) in [5, 5.41) is 8.23. The van der Waals surface area contributed by atoms with Crippen LogP contribution in [0.15, 0.2) is 66.9 Å². The third kappa shape index (κ3) is 10.8. The molecule has 11 nitrogen and oxygen atoms in total. The van der Waals surface area contributed by atoms with E-state index >= 15 is 0 Å². The summed E-state index contributed by atoms with van der Waals surface area (Å²) in [6.07, 6.45) is 1.69. The van der Waals surface area contributed by atoms with Gasteiger partial charge in [-0.15, -0.1) is 0 Å². The summed E-state index contributed by atoms with van der Waals surface area (Å²) in [7, 11) is 2.11. The van der Waals surface area contributed by atoms with E-state index in [0.29, 0.717) is 23.6 Å². The fraction of sp³-hybridized carbons (Fsp3) is 0.394. The number of amides is 4. The van der Waals surface area contributed by atoms with E-state index in [-0.39, 0.29) is 18.3 Å². The monoisotopic (exact) mass is 619 g/mol. The first-order chi connectivity index (χ1) is 21.4. The number of para-hydroxylation sites is 2. The van der Waals surface area contributed by atoms with Gasteiger partial charge in [0.2, 0.25) is 0 Å². The number of anilines is 3. The molecule has 1 aromatic heterocycles. The zero-order valence-corrected chi connectivity index (χ0v) is 26.3. The van der Waals surface area contributed by atoms with Crippen molar-refractivity contribution in [2.24, 2.45) is 0 Å². The predicted octanol–water partition coefficient (Wildman–Crippen LogP) is 5.49. The fourth-order valence-electron chi connectivity index (χ4n) is 4.75. The summed E-state index contributed by atoms with van der Waals surface area (Å²) < 4.78 is 19.1. The Morgan fingerprint density at radius 1 is 0.933 bits per heavy atom. The number of urea groups is 1. The van der Waals surface area contributed by atoms with Crippen LogP contribution in [0.2, 0.25) is 0 Å². The normalized spacial score (nSPS) is 14.0. The maximum Gasteiger partial charge on any atom is 0.412 e. The Hall–Kier alpha value is -4.55. The molecule has 0 spiro atoms. The number of likely N-dealkylation sites (N-methyl/N-ethyl adjacent to an activating group) is 1. The second-order valence-electron chi connectivity index (χ2n) is 12.0. The van der Waals surface area contributed by atoms with Gasteiger partial charge in [0.25, 0.3) is 5.91 Å². The lowest BCUT2D eigenvalue weighted by molar-refractivity contribution is 0.0635. The Balaban J connectivity index is 1.39. The van der Waals surface area contributed by atoms with Gasteiger partial charge in [-0.05, 0) is 82.7 Å². The summed E-state index contributed by atoms with van der Waals surface area (Å²) in [4.78, 5) is 49.3. The Morgan fingerprint density at radius 2 is 1.64 bits per heavy atom. The molecule has 1 saturated heterocycles. The molecular weight excluding hydrogens is 577 g/mol. The number of pyridine rings is 1. The van der Waals surface area contributed by atoms with Crippen LogP contribution in [0.5, 0.6) is 0 Å². The molecule has 1 aliphatic rings. The van der Waals surface area contributed by atoms with Crippen LogP contribution in [-0.2, 0) is 11.3 Å². The van der Waals surface area contributed by atoms with Gasteiger partial charge in [-0.3, -0.25) is 15.1 Å². The van der Waals surface area contributed by atoms with Crippen molar-refractivity contribution in [3.63, 3.8) is 0 Å². The maximum absolute atomic E-state index is 13.7. The Bertz CT molecular complexity index is 1450. The number of hydrogen-bond acceptors (Lipinski definition) is 7. The maximum atomic E-state index is 13.7. The molecule has 0 radical (unpaired) electrons. The molecule has 0 bridgehead atoms. The van der Waals surface area contributed by atoms with Crippen molar-refractivity contribution >= 4 is 35.1 Å². The molecule has 4 rings (SSSR count). The minimum absolute atomic E-state index is 0.164. The number of ether oxygens (including phenoxy) is 1. The molecule has 45 heavy (non-hydrogen) atoms. The highest BCUT2D eigenvalue weighted by Gasteiger charge is 2.20. The van der Waals surface area contributed by atoms with Gasteiger partial charge in [-0.1, -0.05) is 24.3 Å². The second-order valence-corrected chi connectivity index (χ2v) is 12.0. The zero-order chi connectivity index (χ0) is 32.4. The van der Waals surface area contributed by atoms with Crippen molar-refractivity contribution in [1.29, 1.82) is 0 Å². The van der Waals surface area contributed by atoms with Gasteiger partial charge in [0.1, 0.15) is 17.1 Å². The number of benzene rings is 2. The molecule has 0 saturated carbocycles. The quantitative estimate of drug-likeness (QED) is 0.275. The van der Waals surface area contributed by atoms with E-state index in [1.165, 1.54) is 12.1 Å². The van der Waals surface area contributed by atoms with Crippen LogP contribution in [0.4, 0.5) is 31.0 Å². The molecule has 240 valence electrons. The average Bonchev–Trinajstić information content (AvgIpc) is 2.98. The molecule has 2 aromatic carbocycles. The van der Waals surface area contributed by atoms with Crippen LogP contribution < -0.4 is 16.0 Å². The number of aromatic nitrogens is 1. The van der Waals surface area contributed by atoms with Gasteiger partial charge in [-0.2, -0.15) is 0 Å². The number of halogens is 1. The predicted molar refractivity (Wildman–Crippen MR) is 173 cm³/mol. The molecule has 4 amide bonds. The molecule has 1 aliphatic heterocycles.